The number of carbonyl (C=O) groups is 1. The first-order chi connectivity index (χ1) is 9.97. The van der Waals surface area contributed by atoms with Crippen molar-refractivity contribution in [2.75, 3.05) is 11.9 Å². The zero-order valence-corrected chi connectivity index (χ0v) is 12.4. The number of amides is 1. The maximum absolute atomic E-state index is 13.4. The molecular weight excluding hydrogens is 271 g/mol. The van der Waals surface area contributed by atoms with Crippen LogP contribution in [0.2, 0.25) is 0 Å². The van der Waals surface area contributed by atoms with Gasteiger partial charge in [0.25, 0.3) is 0 Å². The fourth-order valence-electron chi connectivity index (χ4n) is 2.19. The van der Waals surface area contributed by atoms with Crippen molar-refractivity contribution in [2.45, 2.75) is 26.8 Å². The second kappa shape index (κ2) is 6.54. The van der Waals surface area contributed by atoms with Crippen LogP contribution >= 0.6 is 0 Å². The number of nitrogens with one attached hydrogen (secondary N) is 2. The van der Waals surface area contributed by atoms with E-state index in [9.17, 15) is 9.18 Å². The topological polar surface area (TPSA) is 54.3 Å². The van der Waals surface area contributed by atoms with E-state index in [0.29, 0.717) is 0 Å². The predicted octanol–water partition coefficient (Wildman–Crippen LogP) is 3.32. The Bertz CT molecular complexity index is 637. The average Bonchev–Trinajstić information content (AvgIpc) is 2.78. The number of aryl methyl sites for hydroxylation is 2. The van der Waals surface area contributed by atoms with Crippen molar-refractivity contribution in [3.05, 3.63) is 53.2 Å². The molecule has 0 radical (unpaired) electrons. The molecule has 21 heavy (non-hydrogen) atoms. The quantitative estimate of drug-likeness (QED) is 0.888. The Kier molecular flexibility index (Phi) is 4.75. The van der Waals surface area contributed by atoms with Gasteiger partial charge in [0.15, 0.2) is 0 Å². The van der Waals surface area contributed by atoms with E-state index in [-0.39, 0.29) is 24.2 Å². The minimum Gasteiger partial charge on any atom is -0.466 e. The first-order valence-electron chi connectivity index (χ1n) is 6.82. The van der Waals surface area contributed by atoms with Crippen LogP contribution in [0.15, 0.2) is 34.7 Å². The number of halogens is 1. The maximum atomic E-state index is 13.4. The normalized spacial score (nSPS) is 12.2. The molecule has 0 spiro atoms. The van der Waals surface area contributed by atoms with E-state index in [2.05, 4.69) is 10.6 Å². The SMILES string of the molecule is Cc1cc(C(C)NCC(=O)Nc2ccccc2F)c(C)o1. The number of hydrogen-bond donors (Lipinski definition) is 2. The third-order valence-electron chi connectivity index (χ3n) is 3.26. The number of furan rings is 1. The van der Waals surface area contributed by atoms with Crippen LogP contribution < -0.4 is 10.6 Å². The monoisotopic (exact) mass is 290 g/mol. The maximum Gasteiger partial charge on any atom is 0.238 e. The molecule has 0 fully saturated rings. The number of benzene rings is 1. The van der Waals surface area contributed by atoms with E-state index >= 15 is 0 Å². The van der Waals surface area contributed by atoms with Crippen molar-refractivity contribution >= 4 is 11.6 Å². The Morgan fingerprint density at radius 2 is 2.05 bits per heavy atom. The molecule has 0 aliphatic carbocycles. The van der Waals surface area contributed by atoms with E-state index in [1.807, 2.05) is 26.8 Å². The molecule has 112 valence electrons. The lowest BCUT2D eigenvalue weighted by Gasteiger charge is -2.13. The summed E-state index contributed by atoms with van der Waals surface area (Å²) in [5.41, 5.74) is 1.21. The van der Waals surface area contributed by atoms with Gasteiger partial charge in [-0.1, -0.05) is 12.1 Å². The summed E-state index contributed by atoms with van der Waals surface area (Å²) in [6.45, 7) is 5.82. The van der Waals surface area contributed by atoms with Gasteiger partial charge in [-0.2, -0.15) is 0 Å². The minimum absolute atomic E-state index is 0.0196. The lowest BCUT2D eigenvalue weighted by Crippen LogP contribution is -2.30. The molecular formula is C16H19FN2O2. The molecule has 1 aromatic heterocycles. The van der Waals surface area contributed by atoms with Crippen molar-refractivity contribution in [3.8, 4) is 0 Å². The zero-order chi connectivity index (χ0) is 15.4. The minimum atomic E-state index is -0.444. The summed E-state index contributed by atoms with van der Waals surface area (Å²) in [4.78, 5) is 11.8. The van der Waals surface area contributed by atoms with Crippen LogP contribution in [0.5, 0.6) is 0 Å². The first kappa shape index (κ1) is 15.3. The molecule has 2 aromatic rings. The number of anilines is 1. The van der Waals surface area contributed by atoms with Crippen molar-refractivity contribution < 1.29 is 13.6 Å². The highest BCUT2D eigenvalue weighted by Gasteiger charge is 2.14. The van der Waals surface area contributed by atoms with E-state index in [1.54, 1.807) is 12.1 Å². The molecule has 0 bridgehead atoms. The fraction of sp³-hybridized carbons (Fsp3) is 0.312. The van der Waals surface area contributed by atoms with Gasteiger partial charge >= 0.3 is 0 Å². The van der Waals surface area contributed by atoms with Crippen LogP contribution in [-0.4, -0.2) is 12.5 Å². The number of hydrogen-bond acceptors (Lipinski definition) is 3. The molecule has 1 amide bonds. The molecule has 5 heteroatoms. The molecule has 0 aliphatic rings. The van der Waals surface area contributed by atoms with Gasteiger partial charge in [-0.05, 0) is 39.0 Å². The summed E-state index contributed by atoms with van der Waals surface area (Å²) in [6.07, 6.45) is 0. The van der Waals surface area contributed by atoms with Crippen molar-refractivity contribution in [2.24, 2.45) is 0 Å². The van der Waals surface area contributed by atoms with Gasteiger partial charge in [0.2, 0.25) is 5.91 Å². The highest BCUT2D eigenvalue weighted by molar-refractivity contribution is 5.92. The Labute approximate surface area is 123 Å². The Morgan fingerprint density at radius 3 is 2.67 bits per heavy atom. The van der Waals surface area contributed by atoms with Crippen LogP contribution in [0.25, 0.3) is 0 Å². The molecule has 4 nitrogen and oxygen atoms in total. The Hall–Kier alpha value is -2.14. The van der Waals surface area contributed by atoms with Crippen LogP contribution in [0.3, 0.4) is 0 Å². The van der Waals surface area contributed by atoms with Gasteiger partial charge in [0.1, 0.15) is 17.3 Å². The Balaban J connectivity index is 1.89. The van der Waals surface area contributed by atoms with Crippen LogP contribution in [-0.2, 0) is 4.79 Å². The van der Waals surface area contributed by atoms with Gasteiger partial charge in [0.05, 0.1) is 12.2 Å². The summed E-state index contributed by atoms with van der Waals surface area (Å²) in [5, 5.41) is 5.64. The van der Waals surface area contributed by atoms with Crippen molar-refractivity contribution in [3.63, 3.8) is 0 Å². The van der Waals surface area contributed by atoms with E-state index in [0.717, 1.165) is 17.1 Å². The highest BCUT2D eigenvalue weighted by atomic mass is 19.1. The third-order valence-corrected chi connectivity index (χ3v) is 3.26. The molecule has 1 heterocycles. The summed E-state index contributed by atoms with van der Waals surface area (Å²) < 4.78 is 18.9. The molecule has 2 rings (SSSR count). The van der Waals surface area contributed by atoms with Crippen LogP contribution in [0.4, 0.5) is 10.1 Å². The van der Waals surface area contributed by atoms with E-state index in [4.69, 9.17) is 4.42 Å². The molecule has 1 atom stereocenters. The zero-order valence-electron chi connectivity index (χ0n) is 12.4. The molecule has 2 N–H and O–H groups in total. The lowest BCUT2D eigenvalue weighted by atomic mass is 10.1. The fourth-order valence-corrected chi connectivity index (χ4v) is 2.19. The summed E-state index contributed by atoms with van der Waals surface area (Å²) >= 11 is 0. The summed E-state index contributed by atoms with van der Waals surface area (Å²) in [5.74, 6) is 0.944. The van der Waals surface area contributed by atoms with Gasteiger partial charge < -0.3 is 15.1 Å². The largest absolute Gasteiger partial charge is 0.466 e. The second-order valence-electron chi connectivity index (χ2n) is 5.00. The van der Waals surface area contributed by atoms with Gasteiger partial charge in [0, 0.05) is 11.6 Å². The van der Waals surface area contributed by atoms with Gasteiger partial charge in [-0.3, -0.25) is 4.79 Å². The predicted molar refractivity (Wildman–Crippen MR) is 79.6 cm³/mol. The van der Waals surface area contributed by atoms with Crippen molar-refractivity contribution in [1.29, 1.82) is 0 Å². The summed E-state index contributed by atoms with van der Waals surface area (Å²) in [6, 6.07) is 8.02. The standard InChI is InChI=1S/C16H19FN2O2/c1-10-8-13(12(3)21-10)11(2)18-9-16(20)19-15-7-5-4-6-14(15)17/h4-8,11,18H,9H2,1-3H3,(H,19,20). The molecule has 0 saturated carbocycles. The number of carbonyl (C=O) groups excluding carboxylic acids is 1. The number of para-hydroxylation sites is 1. The Morgan fingerprint density at radius 1 is 1.33 bits per heavy atom. The first-order valence-corrected chi connectivity index (χ1v) is 6.82. The van der Waals surface area contributed by atoms with Crippen LogP contribution in [0.1, 0.15) is 30.0 Å². The number of rotatable bonds is 5. The van der Waals surface area contributed by atoms with Crippen molar-refractivity contribution in [1.82, 2.24) is 5.32 Å². The van der Waals surface area contributed by atoms with E-state index in [1.165, 1.54) is 12.1 Å². The third kappa shape index (κ3) is 3.92. The highest BCUT2D eigenvalue weighted by Crippen LogP contribution is 2.21. The average molecular weight is 290 g/mol. The van der Waals surface area contributed by atoms with Crippen LogP contribution in [0, 0.1) is 19.7 Å². The van der Waals surface area contributed by atoms with Gasteiger partial charge in [-0.15, -0.1) is 0 Å². The molecule has 1 unspecified atom stereocenters. The lowest BCUT2D eigenvalue weighted by molar-refractivity contribution is -0.115. The molecule has 0 aliphatic heterocycles. The van der Waals surface area contributed by atoms with E-state index < -0.39 is 5.82 Å². The smallest absolute Gasteiger partial charge is 0.238 e. The molecule has 0 saturated heterocycles. The summed E-state index contributed by atoms with van der Waals surface area (Å²) in [7, 11) is 0. The van der Waals surface area contributed by atoms with Gasteiger partial charge in [-0.25, -0.2) is 4.39 Å². The molecule has 1 aromatic carbocycles. The second-order valence-corrected chi connectivity index (χ2v) is 5.00.